The number of halogens is 2. The first-order valence-corrected chi connectivity index (χ1v) is 16.5. The first-order valence-electron chi connectivity index (χ1n) is 15.0. The van der Waals surface area contributed by atoms with E-state index < -0.39 is 0 Å². The van der Waals surface area contributed by atoms with E-state index in [1.807, 2.05) is 76.4 Å². The van der Waals surface area contributed by atoms with Crippen LogP contribution in [0.1, 0.15) is 23.6 Å². The third-order valence-corrected chi connectivity index (χ3v) is 9.18. The molecule has 0 aliphatic carbocycles. The molecule has 0 radical (unpaired) electrons. The molecular weight excluding hydrogens is 700 g/mol. The highest BCUT2D eigenvalue weighted by atomic mass is 79.9. The fourth-order valence-corrected chi connectivity index (χ4v) is 6.55. The number of nitrogens with zero attached hydrogens (tertiary/aromatic N) is 6. The number of hydrogen-bond donors (Lipinski definition) is 0. The van der Waals surface area contributed by atoms with Crippen LogP contribution in [-0.4, -0.2) is 25.5 Å². The number of fused-ring (bicyclic) bond motifs is 1. The Bertz CT molecular complexity index is 2200. The molecule has 222 valence electrons. The van der Waals surface area contributed by atoms with Gasteiger partial charge >= 0.3 is 0 Å². The normalized spacial score (nSPS) is 14.5. The molecule has 0 amide bonds. The van der Waals surface area contributed by atoms with Crippen LogP contribution < -0.4 is 5.01 Å². The molecule has 6 nitrogen and oxygen atoms in total. The molecule has 7 aromatic rings. The van der Waals surface area contributed by atoms with Crippen molar-refractivity contribution in [1.29, 1.82) is 0 Å². The van der Waals surface area contributed by atoms with Crippen molar-refractivity contribution < 1.29 is 0 Å². The van der Waals surface area contributed by atoms with Crippen LogP contribution in [0, 0.1) is 0 Å². The fraction of sp³-hybridized carbons (Fsp3) is 0.0526. The van der Waals surface area contributed by atoms with E-state index >= 15 is 0 Å². The lowest BCUT2D eigenvalue weighted by Gasteiger charge is -2.23. The largest absolute Gasteiger partial charge is 0.247 e. The Hall–Kier alpha value is -4.92. The maximum absolute atomic E-state index is 5.26. The lowest BCUT2D eigenvalue weighted by Crippen LogP contribution is -2.21. The Morgan fingerprint density at radius 1 is 0.609 bits per heavy atom. The third kappa shape index (κ3) is 5.44. The van der Waals surface area contributed by atoms with Gasteiger partial charge in [-0.1, -0.05) is 123 Å². The van der Waals surface area contributed by atoms with Crippen LogP contribution in [0.3, 0.4) is 0 Å². The molecule has 1 aliphatic rings. The van der Waals surface area contributed by atoms with Gasteiger partial charge < -0.3 is 0 Å². The van der Waals surface area contributed by atoms with Gasteiger partial charge in [-0.15, -0.1) is 0 Å². The minimum absolute atomic E-state index is 0.206. The van der Waals surface area contributed by atoms with Crippen molar-refractivity contribution in [2.45, 2.75) is 12.5 Å². The van der Waals surface area contributed by atoms with Gasteiger partial charge in [0.05, 0.1) is 34.3 Å². The van der Waals surface area contributed by atoms with Gasteiger partial charge in [-0.3, -0.25) is 0 Å². The molecule has 46 heavy (non-hydrogen) atoms. The van der Waals surface area contributed by atoms with Gasteiger partial charge in [0.2, 0.25) is 5.95 Å². The average molecular weight is 726 g/mol. The first kappa shape index (κ1) is 28.5. The Kier molecular flexibility index (Phi) is 7.52. The molecule has 0 bridgehead atoms. The van der Waals surface area contributed by atoms with Gasteiger partial charge in [0.25, 0.3) is 0 Å². The van der Waals surface area contributed by atoms with Crippen LogP contribution in [-0.2, 0) is 0 Å². The van der Waals surface area contributed by atoms with Gasteiger partial charge in [0.1, 0.15) is 0 Å². The summed E-state index contributed by atoms with van der Waals surface area (Å²) >= 11 is 7.24. The SMILES string of the molecule is Brc1ccc(C2=NN(c3nc(-c4ccccc4)c4cc(Br)ccc4n3)[C@@H](c3cn(-c4ccccc4)nc3-c3ccccc3)C2)cc1. The smallest absolute Gasteiger partial charge is 0.240 e. The Labute approximate surface area is 283 Å². The molecule has 0 fully saturated rings. The molecule has 0 spiro atoms. The molecule has 5 aromatic carbocycles. The van der Waals surface area contributed by atoms with E-state index in [0.717, 1.165) is 64.9 Å². The maximum atomic E-state index is 5.26. The van der Waals surface area contributed by atoms with Gasteiger partial charge in [-0.25, -0.2) is 19.7 Å². The van der Waals surface area contributed by atoms with Crippen LogP contribution in [0.15, 0.2) is 154 Å². The molecule has 0 unspecified atom stereocenters. The number of aromatic nitrogens is 4. The molecule has 1 atom stereocenters. The van der Waals surface area contributed by atoms with Gasteiger partial charge in [-0.2, -0.15) is 10.2 Å². The Morgan fingerprint density at radius 3 is 1.93 bits per heavy atom. The van der Waals surface area contributed by atoms with E-state index in [9.17, 15) is 0 Å². The monoisotopic (exact) mass is 724 g/mol. The van der Waals surface area contributed by atoms with Crippen LogP contribution in [0.25, 0.3) is 39.1 Å². The minimum atomic E-state index is -0.206. The third-order valence-electron chi connectivity index (χ3n) is 8.16. The van der Waals surface area contributed by atoms with Crippen molar-refractivity contribution in [3.63, 3.8) is 0 Å². The zero-order valence-corrected chi connectivity index (χ0v) is 27.7. The van der Waals surface area contributed by atoms with E-state index in [0.29, 0.717) is 12.4 Å². The summed E-state index contributed by atoms with van der Waals surface area (Å²) in [7, 11) is 0. The average Bonchev–Trinajstić information content (AvgIpc) is 3.75. The second kappa shape index (κ2) is 12.1. The highest BCUT2D eigenvalue weighted by Gasteiger charge is 2.35. The number of hydrazone groups is 1. The topological polar surface area (TPSA) is 59.2 Å². The summed E-state index contributed by atoms with van der Waals surface area (Å²) in [5.74, 6) is 0.539. The number of para-hydroxylation sites is 1. The number of anilines is 1. The van der Waals surface area contributed by atoms with E-state index in [1.54, 1.807) is 0 Å². The number of benzene rings is 5. The summed E-state index contributed by atoms with van der Waals surface area (Å²) in [5.41, 5.74) is 8.72. The molecule has 0 saturated carbocycles. The molecule has 8 heteroatoms. The predicted molar refractivity (Wildman–Crippen MR) is 192 cm³/mol. The van der Waals surface area contributed by atoms with Crippen molar-refractivity contribution in [3.05, 3.63) is 160 Å². The molecule has 0 saturated heterocycles. The molecule has 1 aliphatic heterocycles. The second-order valence-corrected chi connectivity index (χ2v) is 12.9. The summed E-state index contributed by atoms with van der Waals surface area (Å²) in [6.45, 7) is 0. The summed E-state index contributed by atoms with van der Waals surface area (Å²) < 4.78 is 3.96. The highest BCUT2D eigenvalue weighted by Crippen LogP contribution is 2.41. The molecule has 0 N–H and O–H groups in total. The fourth-order valence-electron chi connectivity index (χ4n) is 5.93. The maximum Gasteiger partial charge on any atom is 0.247 e. The van der Waals surface area contributed by atoms with E-state index in [-0.39, 0.29) is 6.04 Å². The van der Waals surface area contributed by atoms with Gasteiger partial charge in [0, 0.05) is 43.6 Å². The zero-order chi connectivity index (χ0) is 31.0. The summed E-state index contributed by atoms with van der Waals surface area (Å²) in [4.78, 5) is 10.4. The first-order chi connectivity index (χ1) is 22.6. The van der Waals surface area contributed by atoms with E-state index in [1.165, 1.54) is 0 Å². The van der Waals surface area contributed by atoms with Crippen LogP contribution in [0.5, 0.6) is 0 Å². The van der Waals surface area contributed by atoms with E-state index in [4.69, 9.17) is 20.2 Å². The lowest BCUT2D eigenvalue weighted by molar-refractivity contribution is 0.690. The standard InChI is InChI=1S/C38H26Br2N6/c39-28-18-16-25(17-19-28)34-23-35(32-24-45(30-14-8-3-9-15-30)44-37(32)27-12-6-2-7-13-27)46(43-34)38-41-33-21-20-29(40)22-31(33)36(42-38)26-10-4-1-5-11-26/h1-22,24,35H,23H2/t35-/m1/s1. The van der Waals surface area contributed by atoms with E-state index in [2.05, 4.69) is 105 Å². The lowest BCUT2D eigenvalue weighted by atomic mass is 9.96. The van der Waals surface area contributed by atoms with Gasteiger partial charge in [-0.05, 0) is 48.0 Å². The highest BCUT2D eigenvalue weighted by molar-refractivity contribution is 9.10. The zero-order valence-electron chi connectivity index (χ0n) is 24.5. The van der Waals surface area contributed by atoms with Crippen LogP contribution in [0.4, 0.5) is 5.95 Å². The predicted octanol–water partition coefficient (Wildman–Crippen LogP) is 10.0. The minimum Gasteiger partial charge on any atom is -0.240 e. The van der Waals surface area contributed by atoms with Crippen molar-refractivity contribution >= 4 is 54.4 Å². The van der Waals surface area contributed by atoms with Crippen molar-refractivity contribution in [2.75, 3.05) is 5.01 Å². The molecule has 3 heterocycles. The van der Waals surface area contributed by atoms with Crippen LogP contribution >= 0.6 is 31.9 Å². The second-order valence-electron chi connectivity index (χ2n) is 11.1. The molecule has 8 rings (SSSR count). The molecule has 2 aromatic heterocycles. The molecular formula is C38H26Br2N6. The quantitative estimate of drug-likeness (QED) is 0.171. The Balaban J connectivity index is 1.34. The van der Waals surface area contributed by atoms with Crippen molar-refractivity contribution in [2.24, 2.45) is 5.10 Å². The summed E-state index contributed by atoms with van der Waals surface area (Å²) in [6.07, 6.45) is 2.79. The summed E-state index contributed by atoms with van der Waals surface area (Å²) in [6, 6.07) is 45.0. The Morgan fingerprint density at radius 2 is 1.24 bits per heavy atom. The van der Waals surface area contributed by atoms with Crippen LogP contribution in [0.2, 0.25) is 0 Å². The number of rotatable bonds is 6. The van der Waals surface area contributed by atoms with Crippen molar-refractivity contribution in [1.82, 2.24) is 19.7 Å². The van der Waals surface area contributed by atoms with Crippen molar-refractivity contribution in [3.8, 4) is 28.2 Å². The summed E-state index contributed by atoms with van der Waals surface area (Å²) in [5, 5.41) is 13.4. The van der Waals surface area contributed by atoms with Gasteiger partial charge in [0.15, 0.2) is 0 Å². The number of hydrogen-bond acceptors (Lipinski definition) is 5.